The zero-order chi connectivity index (χ0) is 11.4. The highest BCUT2D eigenvalue weighted by Crippen LogP contribution is 2.27. The van der Waals surface area contributed by atoms with Gasteiger partial charge in [0.25, 0.3) is 0 Å². The summed E-state index contributed by atoms with van der Waals surface area (Å²) in [4.78, 5) is 0. The molecule has 84 valence electrons. The van der Waals surface area contributed by atoms with Crippen LogP contribution in [0.4, 0.5) is 0 Å². The van der Waals surface area contributed by atoms with E-state index in [4.69, 9.17) is 5.73 Å². The van der Waals surface area contributed by atoms with Crippen molar-refractivity contribution in [1.82, 2.24) is 0 Å². The molecule has 0 aliphatic carbocycles. The minimum atomic E-state index is 0.195. The van der Waals surface area contributed by atoms with E-state index < -0.39 is 0 Å². The topological polar surface area (TPSA) is 26.0 Å². The fourth-order valence-electron chi connectivity index (χ4n) is 2.25. The lowest BCUT2D eigenvalue weighted by molar-refractivity contribution is 0.404. The van der Waals surface area contributed by atoms with Crippen molar-refractivity contribution in [3.05, 3.63) is 34.9 Å². The van der Waals surface area contributed by atoms with E-state index in [0.29, 0.717) is 5.92 Å². The second-order valence-corrected chi connectivity index (χ2v) is 4.46. The number of aryl methyl sites for hydroxylation is 2. The third-order valence-electron chi connectivity index (χ3n) is 3.34. The smallest absolute Gasteiger partial charge is 0.0325 e. The number of hydrogen-bond acceptors (Lipinski definition) is 1. The molecule has 1 aromatic rings. The Balaban J connectivity index is 2.94. The van der Waals surface area contributed by atoms with Crippen molar-refractivity contribution in [1.29, 1.82) is 0 Å². The van der Waals surface area contributed by atoms with E-state index in [-0.39, 0.29) is 6.04 Å². The molecule has 0 amide bonds. The molecule has 1 rings (SSSR count). The van der Waals surface area contributed by atoms with E-state index in [2.05, 4.69) is 45.9 Å². The van der Waals surface area contributed by atoms with E-state index in [1.165, 1.54) is 16.7 Å². The van der Waals surface area contributed by atoms with Gasteiger partial charge in [0.2, 0.25) is 0 Å². The third kappa shape index (κ3) is 2.82. The fourth-order valence-corrected chi connectivity index (χ4v) is 2.25. The lowest BCUT2D eigenvalue weighted by Crippen LogP contribution is -2.21. The van der Waals surface area contributed by atoms with Gasteiger partial charge in [-0.05, 0) is 30.9 Å². The van der Waals surface area contributed by atoms with Crippen molar-refractivity contribution in [2.24, 2.45) is 11.7 Å². The van der Waals surface area contributed by atoms with Gasteiger partial charge in [0.15, 0.2) is 0 Å². The highest BCUT2D eigenvalue weighted by molar-refractivity contribution is 5.32. The van der Waals surface area contributed by atoms with E-state index in [1.54, 1.807) is 0 Å². The van der Waals surface area contributed by atoms with Crippen LogP contribution in [0.15, 0.2) is 18.2 Å². The van der Waals surface area contributed by atoms with Crippen LogP contribution in [0, 0.1) is 19.8 Å². The zero-order valence-electron chi connectivity index (χ0n) is 10.4. The Hall–Kier alpha value is -0.820. The van der Waals surface area contributed by atoms with Gasteiger partial charge in [-0.2, -0.15) is 0 Å². The minimum absolute atomic E-state index is 0.195. The van der Waals surface area contributed by atoms with Crippen LogP contribution >= 0.6 is 0 Å². The van der Waals surface area contributed by atoms with Gasteiger partial charge in [-0.25, -0.2) is 0 Å². The van der Waals surface area contributed by atoms with Crippen molar-refractivity contribution in [2.45, 2.75) is 46.6 Å². The summed E-state index contributed by atoms with van der Waals surface area (Å²) < 4.78 is 0. The Morgan fingerprint density at radius 2 is 1.73 bits per heavy atom. The predicted molar refractivity (Wildman–Crippen MR) is 66.9 cm³/mol. The van der Waals surface area contributed by atoms with Crippen LogP contribution in [0.25, 0.3) is 0 Å². The van der Waals surface area contributed by atoms with E-state index in [9.17, 15) is 0 Å². The van der Waals surface area contributed by atoms with Crippen LogP contribution in [0.2, 0.25) is 0 Å². The van der Waals surface area contributed by atoms with Gasteiger partial charge in [-0.1, -0.05) is 50.5 Å². The second-order valence-electron chi connectivity index (χ2n) is 4.46. The molecular formula is C14H23N. The van der Waals surface area contributed by atoms with Crippen molar-refractivity contribution < 1.29 is 0 Å². The molecule has 0 saturated heterocycles. The molecule has 0 fully saturated rings. The minimum Gasteiger partial charge on any atom is -0.324 e. The first-order chi connectivity index (χ1) is 7.10. The molecule has 1 aromatic carbocycles. The van der Waals surface area contributed by atoms with Gasteiger partial charge in [0, 0.05) is 6.04 Å². The molecule has 1 nitrogen and oxygen atoms in total. The maximum absolute atomic E-state index is 6.31. The predicted octanol–water partition coefficient (Wildman–Crippen LogP) is 3.74. The fraction of sp³-hybridized carbons (Fsp3) is 0.571. The average molecular weight is 205 g/mol. The molecule has 15 heavy (non-hydrogen) atoms. The van der Waals surface area contributed by atoms with Crippen LogP contribution in [0.3, 0.4) is 0 Å². The Kier molecular flexibility index (Phi) is 4.34. The molecule has 0 bridgehead atoms. The van der Waals surface area contributed by atoms with Crippen LogP contribution in [-0.2, 0) is 0 Å². The first-order valence-electron chi connectivity index (χ1n) is 5.92. The lowest BCUT2D eigenvalue weighted by atomic mass is 9.87. The van der Waals surface area contributed by atoms with E-state index >= 15 is 0 Å². The van der Waals surface area contributed by atoms with Gasteiger partial charge in [0.1, 0.15) is 0 Å². The van der Waals surface area contributed by atoms with Crippen LogP contribution in [0.1, 0.15) is 49.4 Å². The normalized spacial score (nSPS) is 13.2. The van der Waals surface area contributed by atoms with Gasteiger partial charge >= 0.3 is 0 Å². The number of benzene rings is 1. The van der Waals surface area contributed by atoms with Crippen molar-refractivity contribution in [2.75, 3.05) is 0 Å². The first kappa shape index (κ1) is 12.3. The number of nitrogens with two attached hydrogens (primary N) is 1. The van der Waals surface area contributed by atoms with Gasteiger partial charge < -0.3 is 5.73 Å². The second kappa shape index (κ2) is 5.32. The number of hydrogen-bond donors (Lipinski definition) is 1. The molecule has 0 spiro atoms. The Morgan fingerprint density at radius 1 is 1.13 bits per heavy atom. The molecule has 0 aliphatic heterocycles. The largest absolute Gasteiger partial charge is 0.324 e. The van der Waals surface area contributed by atoms with Gasteiger partial charge in [-0.15, -0.1) is 0 Å². The molecule has 0 heterocycles. The average Bonchev–Trinajstić information content (AvgIpc) is 2.19. The molecule has 0 radical (unpaired) electrons. The molecule has 1 heteroatoms. The summed E-state index contributed by atoms with van der Waals surface area (Å²) in [6.45, 7) is 8.72. The van der Waals surface area contributed by atoms with Crippen LogP contribution in [0.5, 0.6) is 0 Å². The molecule has 2 N–H and O–H groups in total. The summed E-state index contributed by atoms with van der Waals surface area (Å²) in [7, 11) is 0. The summed E-state index contributed by atoms with van der Waals surface area (Å²) in [6, 6.07) is 6.76. The maximum atomic E-state index is 6.31. The number of rotatable bonds is 4. The molecular weight excluding hydrogens is 182 g/mol. The van der Waals surface area contributed by atoms with Gasteiger partial charge in [0.05, 0.1) is 0 Å². The van der Waals surface area contributed by atoms with Crippen LogP contribution in [-0.4, -0.2) is 0 Å². The highest BCUT2D eigenvalue weighted by atomic mass is 14.6. The monoisotopic (exact) mass is 205 g/mol. The molecule has 0 saturated carbocycles. The zero-order valence-corrected chi connectivity index (χ0v) is 10.4. The van der Waals surface area contributed by atoms with E-state index in [1.807, 2.05) is 0 Å². The third-order valence-corrected chi connectivity index (χ3v) is 3.34. The lowest BCUT2D eigenvalue weighted by Gasteiger charge is -2.23. The molecule has 1 unspecified atom stereocenters. The van der Waals surface area contributed by atoms with Crippen molar-refractivity contribution >= 4 is 0 Å². The summed E-state index contributed by atoms with van der Waals surface area (Å²) in [5.41, 5.74) is 10.3. The molecule has 1 atom stereocenters. The molecule has 0 aliphatic rings. The van der Waals surface area contributed by atoms with E-state index in [0.717, 1.165) is 12.8 Å². The maximum Gasteiger partial charge on any atom is 0.0325 e. The van der Waals surface area contributed by atoms with Crippen molar-refractivity contribution in [3.63, 3.8) is 0 Å². The first-order valence-corrected chi connectivity index (χ1v) is 5.92. The van der Waals surface area contributed by atoms with Crippen molar-refractivity contribution in [3.8, 4) is 0 Å². The molecule has 0 aromatic heterocycles. The van der Waals surface area contributed by atoms with Gasteiger partial charge in [-0.3, -0.25) is 0 Å². The van der Waals surface area contributed by atoms with Crippen LogP contribution < -0.4 is 5.73 Å². The Labute approximate surface area is 93.7 Å². The quantitative estimate of drug-likeness (QED) is 0.796. The summed E-state index contributed by atoms with van der Waals surface area (Å²) in [5.74, 6) is 0.603. The standard InChI is InChI=1S/C14H23N/c1-5-12(6-2)14(15)13-8-7-10(3)9-11(13)4/h7-9,12,14H,5-6,15H2,1-4H3. The summed E-state index contributed by atoms with van der Waals surface area (Å²) >= 11 is 0. The highest BCUT2D eigenvalue weighted by Gasteiger charge is 2.17. The SMILES string of the molecule is CCC(CC)C(N)c1ccc(C)cc1C. The Bertz CT molecular complexity index is 313. The summed E-state index contributed by atoms with van der Waals surface area (Å²) in [5, 5.41) is 0. The summed E-state index contributed by atoms with van der Waals surface area (Å²) in [6.07, 6.45) is 2.32. The Morgan fingerprint density at radius 3 is 2.20 bits per heavy atom.